The monoisotopic (exact) mass is 187 g/mol. The Balaban J connectivity index is 2.52. The molecule has 3 nitrogen and oxygen atoms in total. The van der Waals surface area contributed by atoms with Crippen LogP contribution in [0.5, 0.6) is 0 Å². The molecule has 0 aliphatic rings. The molecule has 1 aromatic heterocycles. The lowest BCUT2D eigenvalue weighted by molar-refractivity contribution is 0.872. The van der Waals surface area contributed by atoms with Crippen molar-refractivity contribution < 1.29 is 0 Å². The van der Waals surface area contributed by atoms with E-state index in [0.29, 0.717) is 5.69 Å². The average Bonchev–Trinajstić information content (AvgIpc) is 2.51. The molecule has 0 saturated carbocycles. The number of nitrogens with two attached hydrogens (primary N) is 1. The van der Waals surface area contributed by atoms with Crippen LogP contribution < -0.4 is 5.73 Å². The van der Waals surface area contributed by atoms with Crippen LogP contribution in [0.15, 0.2) is 30.6 Å². The molecule has 2 aromatic rings. The lowest BCUT2D eigenvalue weighted by atomic mass is 10.1. The Labute approximate surface area is 83.2 Å². The lowest BCUT2D eigenvalue weighted by Crippen LogP contribution is -1.97. The smallest absolute Gasteiger partial charge is 0.0724 e. The van der Waals surface area contributed by atoms with Gasteiger partial charge in [0, 0.05) is 0 Å². The molecule has 1 aromatic carbocycles. The summed E-state index contributed by atoms with van der Waals surface area (Å²) in [5, 5.41) is 4.17. The van der Waals surface area contributed by atoms with E-state index >= 15 is 0 Å². The van der Waals surface area contributed by atoms with Crippen molar-refractivity contribution in [3.8, 4) is 5.69 Å². The van der Waals surface area contributed by atoms with Gasteiger partial charge in [0.05, 0.1) is 23.8 Å². The van der Waals surface area contributed by atoms with Gasteiger partial charge < -0.3 is 5.73 Å². The van der Waals surface area contributed by atoms with Crippen LogP contribution in [0.3, 0.4) is 0 Å². The fourth-order valence-corrected chi connectivity index (χ4v) is 1.53. The molecule has 2 rings (SSSR count). The van der Waals surface area contributed by atoms with Gasteiger partial charge in [0.2, 0.25) is 0 Å². The van der Waals surface area contributed by atoms with Crippen LogP contribution in [-0.4, -0.2) is 9.78 Å². The molecule has 2 N–H and O–H groups in total. The number of aromatic nitrogens is 2. The van der Waals surface area contributed by atoms with Crippen molar-refractivity contribution in [1.82, 2.24) is 9.78 Å². The Hall–Kier alpha value is -1.77. The summed E-state index contributed by atoms with van der Waals surface area (Å²) in [6.07, 6.45) is 3.47. The predicted octanol–water partition coefficient (Wildman–Crippen LogP) is 2.07. The van der Waals surface area contributed by atoms with E-state index in [4.69, 9.17) is 5.73 Å². The van der Waals surface area contributed by atoms with Gasteiger partial charge in [-0.2, -0.15) is 5.10 Å². The number of hydrogen-bond donors (Lipinski definition) is 1. The Morgan fingerprint density at radius 2 is 2.07 bits per heavy atom. The van der Waals surface area contributed by atoms with Gasteiger partial charge in [-0.3, -0.25) is 0 Å². The Bertz CT molecular complexity index is 457. The van der Waals surface area contributed by atoms with E-state index in [2.05, 4.69) is 37.1 Å². The van der Waals surface area contributed by atoms with Crippen molar-refractivity contribution >= 4 is 5.69 Å². The largest absolute Gasteiger partial charge is 0.396 e. The zero-order valence-electron chi connectivity index (χ0n) is 8.36. The van der Waals surface area contributed by atoms with E-state index in [1.165, 1.54) is 11.1 Å². The second-order valence-electron chi connectivity index (χ2n) is 3.51. The molecule has 0 amide bonds. The predicted molar refractivity (Wildman–Crippen MR) is 57.5 cm³/mol. The third-order valence-electron chi connectivity index (χ3n) is 2.20. The zero-order valence-corrected chi connectivity index (χ0v) is 8.36. The number of nitrogens with zero attached hydrogens (tertiary/aromatic N) is 2. The van der Waals surface area contributed by atoms with Crippen molar-refractivity contribution in [2.45, 2.75) is 13.8 Å². The van der Waals surface area contributed by atoms with Crippen LogP contribution in [-0.2, 0) is 0 Å². The fraction of sp³-hybridized carbons (Fsp3) is 0.182. The maximum absolute atomic E-state index is 5.61. The number of aryl methyl sites for hydroxylation is 2. The molecule has 0 atom stereocenters. The summed E-state index contributed by atoms with van der Waals surface area (Å²) in [7, 11) is 0. The molecule has 0 unspecified atom stereocenters. The van der Waals surface area contributed by atoms with Gasteiger partial charge in [-0.05, 0) is 25.5 Å². The first kappa shape index (κ1) is 8.81. The molecule has 72 valence electrons. The summed E-state index contributed by atoms with van der Waals surface area (Å²) >= 11 is 0. The highest BCUT2D eigenvalue weighted by Crippen LogP contribution is 2.15. The maximum Gasteiger partial charge on any atom is 0.0724 e. The third kappa shape index (κ3) is 1.48. The third-order valence-corrected chi connectivity index (χ3v) is 2.20. The van der Waals surface area contributed by atoms with Crippen molar-refractivity contribution in [1.29, 1.82) is 0 Å². The van der Waals surface area contributed by atoms with Crippen molar-refractivity contribution in [2.24, 2.45) is 0 Å². The maximum atomic E-state index is 5.61. The SMILES string of the molecule is Cc1ccc(-n2cc(N)cn2)c(C)c1. The summed E-state index contributed by atoms with van der Waals surface area (Å²) in [5.41, 5.74) is 9.83. The van der Waals surface area contributed by atoms with Crippen LogP contribution in [0.4, 0.5) is 5.69 Å². The molecule has 0 aliphatic carbocycles. The Kier molecular flexibility index (Phi) is 2.00. The number of hydrogen-bond acceptors (Lipinski definition) is 2. The normalized spacial score (nSPS) is 10.4. The van der Waals surface area contributed by atoms with Crippen molar-refractivity contribution in [3.05, 3.63) is 41.7 Å². The topological polar surface area (TPSA) is 43.8 Å². The highest BCUT2D eigenvalue weighted by molar-refractivity contribution is 5.44. The number of nitrogen functional groups attached to an aromatic ring is 1. The van der Waals surface area contributed by atoms with Gasteiger partial charge in [-0.15, -0.1) is 0 Å². The molecule has 0 spiro atoms. The first-order chi connectivity index (χ1) is 6.66. The van der Waals surface area contributed by atoms with Gasteiger partial charge in [-0.25, -0.2) is 4.68 Å². The van der Waals surface area contributed by atoms with Gasteiger partial charge in [0.25, 0.3) is 0 Å². The molecule has 0 fully saturated rings. The van der Waals surface area contributed by atoms with E-state index in [9.17, 15) is 0 Å². The van der Waals surface area contributed by atoms with E-state index in [1.807, 2.05) is 6.20 Å². The number of rotatable bonds is 1. The summed E-state index contributed by atoms with van der Waals surface area (Å²) in [5.74, 6) is 0. The summed E-state index contributed by atoms with van der Waals surface area (Å²) < 4.78 is 1.80. The van der Waals surface area contributed by atoms with E-state index in [1.54, 1.807) is 10.9 Å². The molecule has 0 aliphatic heterocycles. The van der Waals surface area contributed by atoms with Crippen LogP contribution in [0.2, 0.25) is 0 Å². The molecular formula is C11H13N3. The van der Waals surface area contributed by atoms with Crippen molar-refractivity contribution in [3.63, 3.8) is 0 Å². The minimum atomic E-state index is 0.685. The lowest BCUT2D eigenvalue weighted by Gasteiger charge is -2.05. The van der Waals surface area contributed by atoms with Gasteiger partial charge in [0.1, 0.15) is 0 Å². The van der Waals surface area contributed by atoms with E-state index in [0.717, 1.165) is 5.69 Å². The van der Waals surface area contributed by atoms with E-state index in [-0.39, 0.29) is 0 Å². The second kappa shape index (κ2) is 3.18. The molecule has 14 heavy (non-hydrogen) atoms. The summed E-state index contributed by atoms with van der Waals surface area (Å²) in [6.45, 7) is 4.15. The highest BCUT2D eigenvalue weighted by Gasteiger charge is 2.01. The summed E-state index contributed by atoms with van der Waals surface area (Å²) in [4.78, 5) is 0. The van der Waals surface area contributed by atoms with E-state index < -0.39 is 0 Å². The van der Waals surface area contributed by atoms with Crippen LogP contribution in [0.1, 0.15) is 11.1 Å². The first-order valence-electron chi connectivity index (χ1n) is 4.54. The number of anilines is 1. The minimum Gasteiger partial charge on any atom is -0.396 e. The van der Waals surface area contributed by atoms with Gasteiger partial charge in [0.15, 0.2) is 0 Å². The summed E-state index contributed by atoms with van der Waals surface area (Å²) in [6, 6.07) is 6.25. The molecule has 0 saturated heterocycles. The van der Waals surface area contributed by atoms with Crippen LogP contribution in [0, 0.1) is 13.8 Å². The Morgan fingerprint density at radius 1 is 1.29 bits per heavy atom. The standard InChI is InChI=1S/C11H13N3/c1-8-3-4-11(9(2)5-8)14-7-10(12)6-13-14/h3-7H,12H2,1-2H3. The zero-order chi connectivity index (χ0) is 10.1. The van der Waals surface area contributed by atoms with Crippen molar-refractivity contribution in [2.75, 3.05) is 5.73 Å². The molecule has 0 radical (unpaired) electrons. The quantitative estimate of drug-likeness (QED) is 0.742. The van der Waals surface area contributed by atoms with Crippen LogP contribution in [0.25, 0.3) is 5.69 Å². The molecular weight excluding hydrogens is 174 g/mol. The second-order valence-corrected chi connectivity index (χ2v) is 3.51. The molecule has 3 heteroatoms. The molecule has 0 bridgehead atoms. The highest BCUT2D eigenvalue weighted by atomic mass is 15.3. The Morgan fingerprint density at radius 3 is 2.64 bits per heavy atom. The first-order valence-corrected chi connectivity index (χ1v) is 4.54. The molecule has 1 heterocycles. The van der Waals surface area contributed by atoms with Gasteiger partial charge >= 0.3 is 0 Å². The van der Waals surface area contributed by atoms with Crippen LogP contribution >= 0.6 is 0 Å². The minimum absolute atomic E-state index is 0.685. The average molecular weight is 187 g/mol. The fourth-order valence-electron chi connectivity index (χ4n) is 1.53. The number of benzene rings is 1. The van der Waals surface area contributed by atoms with Gasteiger partial charge in [-0.1, -0.05) is 17.7 Å².